The molecule has 6 heteroatoms. The Bertz CT molecular complexity index is 719. The number of hydrogen-bond donors (Lipinski definition) is 1. The molecule has 24 heavy (non-hydrogen) atoms. The Kier molecular flexibility index (Phi) is 6.64. The van der Waals surface area contributed by atoms with Crippen molar-refractivity contribution < 1.29 is 14.3 Å². The number of ether oxygens (including phenoxy) is 1. The van der Waals surface area contributed by atoms with Crippen LogP contribution in [0.5, 0.6) is 0 Å². The number of esters is 1. The summed E-state index contributed by atoms with van der Waals surface area (Å²) in [5.74, 6) is -0.886. The molecule has 0 radical (unpaired) electrons. The molecule has 0 aliphatic rings. The fraction of sp³-hybridized carbons (Fsp3) is 0.222. The highest BCUT2D eigenvalue weighted by molar-refractivity contribution is 6.35. The lowest BCUT2D eigenvalue weighted by Crippen LogP contribution is -2.21. The number of hydrogen-bond acceptors (Lipinski definition) is 3. The number of rotatable bonds is 6. The van der Waals surface area contributed by atoms with Gasteiger partial charge in [-0.3, -0.25) is 9.59 Å². The molecular weight excluding hydrogens is 349 g/mol. The molecule has 0 heterocycles. The van der Waals surface area contributed by atoms with Crippen molar-refractivity contribution in [3.8, 4) is 0 Å². The van der Waals surface area contributed by atoms with E-state index in [2.05, 4.69) is 5.32 Å². The van der Waals surface area contributed by atoms with Gasteiger partial charge in [0.1, 0.15) is 0 Å². The predicted octanol–water partition coefficient (Wildman–Crippen LogP) is 4.67. The van der Waals surface area contributed by atoms with E-state index in [1.54, 1.807) is 12.1 Å². The van der Waals surface area contributed by atoms with E-state index in [-0.39, 0.29) is 18.9 Å². The van der Waals surface area contributed by atoms with E-state index < -0.39 is 11.9 Å². The Labute approximate surface area is 150 Å². The van der Waals surface area contributed by atoms with Crippen molar-refractivity contribution in [1.29, 1.82) is 0 Å². The van der Waals surface area contributed by atoms with E-state index in [1.165, 1.54) is 6.07 Å². The van der Waals surface area contributed by atoms with Gasteiger partial charge < -0.3 is 10.1 Å². The third-order valence-electron chi connectivity index (χ3n) is 3.41. The topological polar surface area (TPSA) is 55.4 Å². The largest absolute Gasteiger partial charge is 0.456 e. The van der Waals surface area contributed by atoms with Crippen LogP contribution in [0.15, 0.2) is 48.5 Å². The number of carbonyl (C=O) groups is 2. The fourth-order valence-corrected chi connectivity index (χ4v) is 2.47. The van der Waals surface area contributed by atoms with Crippen LogP contribution in [0.25, 0.3) is 0 Å². The summed E-state index contributed by atoms with van der Waals surface area (Å²) < 4.78 is 5.01. The predicted molar refractivity (Wildman–Crippen MR) is 95.5 cm³/mol. The van der Waals surface area contributed by atoms with Crippen molar-refractivity contribution >= 4 is 40.8 Å². The quantitative estimate of drug-likeness (QED) is 0.756. The molecule has 2 aromatic rings. The third-order valence-corrected chi connectivity index (χ3v) is 3.97. The fourth-order valence-electron chi connectivity index (χ4n) is 2.13. The zero-order valence-electron chi connectivity index (χ0n) is 13.1. The molecule has 1 atom stereocenters. The van der Waals surface area contributed by atoms with Gasteiger partial charge in [-0.15, -0.1) is 0 Å². The van der Waals surface area contributed by atoms with Gasteiger partial charge >= 0.3 is 5.97 Å². The number of anilines is 1. The van der Waals surface area contributed by atoms with Gasteiger partial charge in [0.05, 0.1) is 17.1 Å². The van der Waals surface area contributed by atoms with Crippen LogP contribution >= 0.6 is 23.2 Å². The second-order valence-electron chi connectivity index (χ2n) is 5.35. The molecule has 2 aromatic carbocycles. The summed E-state index contributed by atoms with van der Waals surface area (Å²) in [5, 5.41) is 3.36. The minimum atomic E-state index is -0.472. The highest BCUT2D eigenvalue weighted by Gasteiger charge is 2.14. The van der Waals surface area contributed by atoms with E-state index in [0.29, 0.717) is 15.7 Å². The summed E-state index contributed by atoms with van der Waals surface area (Å²) in [4.78, 5) is 23.7. The lowest BCUT2D eigenvalue weighted by Gasteiger charge is -2.12. The van der Waals surface area contributed by atoms with Gasteiger partial charge in [-0.2, -0.15) is 0 Å². The van der Waals surface area contributed by atoms with Crippen LogP contribution in [0.2, 0.25) is 10.0 Å². The second-order valence-corrected chi connectivity index (χ2v) is 6.19. The van der Waals surface area contributed by atoms with Gasteiger partial charge in [0.2, 0.25) is 0 Å². The summed E-state index contributed by atoms with van der Waals surface area (Å²) in [6.07, 6.45) is 0.204. The van der Waals surface area contributed by atoms with Gasteiger partial charge in [0.15, 0.2) is 6.61 Å². The van der Waals surface area contributed by atoms with Crippen molar-refractivity contribution in [3.05, 3.63) is 64.1 Å². The molecule has 1 amide bonds. The van der Waals surface area contributed by atoms with Crippen LogP contribution in [-0.4, -0.2) is 18.5 Å². The average Bonchev–Trinajstić information content (AvgIpc) is 2.57. The molecule has 0 unspecified atom stereocenters. The first kappa shape index (κ1) is 18.3. The second kappa shape index (κ2) is 8.71. The first-order chi connectivity index (χ1) is 11.5. The number of nitrogens with one attached hydrogen (secondary N) is 1. The third kappa shape index (κ3) is 5.55. The Hall–Kier alpha value is -2.04. The molecule has 0 aromatic heterocycles. The molecule has 126 valence electrons. The summed E-state index contributed by atoms with van der Waals surface area (Å²) in [5.41, 5.74) is 1.42. The highest BCUT2D eigenvalue weighted by atomic mass is 35.5. The number of amides is 1. The van der Waals surface area contributed by atoms with E-state index in [0.717, 1.165) is 5.56 Å². The maximum atomic E-state index is 11.9. The molecule has 0 aliphatic heterocycles. The van der Waals surface area contributed by atoms with Gasteiger partial charge in [-0.1, -0.05) is 60.5 Å². The Morgan fingerprint density at radius 1 is 1.12 bits per heavy atom. The monoisotopic (exact) mass is 365 g/mol. The molecule has 0 bridgehead atoms. The molecule has 1 N–H and O–H groups in total. The smallest absolute Gasteiger partial charge is 0.306 e. The van der Waals surface area contributed by atoms with Crippen LogP contribution < -0.4 is 5.32 Å². The van der Waals surface area contributed by atoms with E-state index in [4.69, 9.17) is 27.9 Å². The maximum absolute atomic E-state index is 11.9. The molecule has 0 aliphatic carbocycles. The SMILES string of the molecule is C[C@@H](CC(=O)OCC(=O)Nc1cc(Cl)ccc1Cl)c1ccccc1. The van der Waals surface area contributed by atoms with Crippen LogP contribution in [-0.2, 0) is 14.3 Å². The number of carbonyl (C=O) groups excluding carboxylic acids is 2. The van der Waals surface area contributed by atoms with Crippen molar-refractivity contribution in [1.82, 2.24) is 0 Å². The maximum Gasteiger partial charge on any atom is 0.306 e. The molecule has 0 saturated heterocycles. The Morgan fingerprint density at radius 2 is 1.83 bits per heavy atom. The van der Waals surface area contributed by atoms with Gasteiger partial charge in [-0.25, -0.2) is 0 Å². The minimum absolute atomic E-state index is 0.0177. The molecular formula is C18H17Cl2NO3. The van der Waals surface area contributed by atoms with Gasteiger partial charge in [0.25, 0.3) is 5.91 Å². The average molecular weight is 366 g/mol. The summed E-state index contributed by atoms with van der Waals surface area (Å²) in [7, 11) is 0. The van der Waals surface area contributed by atoms with Crippen LogP contribution in [0, 0.1) is 0 Å². The van der Waals surface area contributed by atoms with Crippen molar-refractivity contribution in [2.24, 2.45) is 0 Å². The van der Waals surface area contributed by atoms with Gasteiger partial charge in [0, 0.05) is 5.02 Å². The van der Waals surface area contributed by atoms with E-state index in [1.807, 2.05) is 37.3 Å². The minimum Gasteiger partial charge on any atom is -0.456 e. The standard InChI is InChI=1S/C18H17Cl2NO3/c1-12(13-5-3-2-4-6-13)9-18(23)24-11-17(22)21-16-10-14(19)7-8-15(16)20/h2-8,10,12H,9,11H2,1H3,(H,21,22)/t12-/m0/s1. The molecule has 2 rings (SSSR count). The number of benzene rings is 2. The first-order valence-corrected chi connectivity index (χ1v) is 8.17. The number of halogens is 2. The van der Waals surface area contributed by atoms with Crippen molar-refractivity contribution in [2.45, 2.75) is 19.3 Å². The lowest BCUT2D eigenvalue weighted by atomic mass is 9.98. The van der Waals surface area contributed by atoms with Crippen LogP contribution in [0.3, 0.4) is 0 Å². The Morgan fingerprint density at radius 3 is 2.54 bits per heavy atom. The van der Waals surface area contributed by atoms with Gasteiger partial charge in [-0.05, 0) is 29.7 Å². The van der Waals surface area contributed by atoms with E-state index in [9.17, 15) is 9.59 Å². The van der Waals surface area contributed by atoms with Crippen LogP contribution in [0.1, 0.15) is 24.8 Å². The van der Waals surface area contributed by atoms with E-state index >= 15 is 0 Å². The Balaban J connectivity index is 1.81. The van der Waals surface area contributed by atoms with Crippen molar-refractivity contribution in [2.75, 3.05) is 11.9 Å². The zero-order chi connectivity index (χ0) is 17.5. The molecule has 0 spiro atoms. The highest BCUT2D eigenvalue weighted by Crippen LogP contribution is 2.25. The molecule has 0 saturated carbocycles. The van der Waals surface area contributed by atoms with Crippen molar-refractivity contribution in [3.63, 3.8) is 0 Å². The van der Waals surface area contributed by atoms with Crippen LogP contribution in [0.4, 0.5) is 5.69 Å². The lowest BCUT2D eigenvalue weighted by molar-refractivity contribution is -0.147. The molecule has 4 nitrogen and oxygen atoms in total. The summed E-state index contributed by atoms with van der Waals surface area (Å²) in [6.45, 7) is 1.56. The summed E-state index contributed by atoms with van der Waals surface area (Å²) in [6, 6.07) is 14.4. The zero-order valence-corrected chi connectivity index (χ0v) is 14.6. The summed E-state index contributed by atoms with van der Waals surface area (Å²) >= 11 is 11.8. The first-order valence-electron chi connectivity index (χ1n) is 7.41. The normalized spacial score (nSPS) is 11.6. The molecule has 0 fully saturated rings.